The molecule has 1 aromatic rings. The average Bonchev–Trinajstić information content (AvgIpc) is 2.31. The van der Waals surface area contributed by atoms with Crippen LogP contribution >= 0.6 is 0 Å². The minimum absolute atomic E-state index is 0.659. The molecular weight excluding hydrogens is 162 g/mol. The zero-order valence-electron chi connectivity index (χ0n) is 8.75. The van der Waals surface area contributed by atoms with Gasteiger partial charge in [-0.05, 0) is 30.9 Å². The molecule has 0 atom stereocenters. The zero-order valence-corrected chi connectivity index (χ0v) is 8.75. The van der Waals surface area contributed by atoms with E-state index in [1.165, 1.54) is 11.3 Å². The number of hydrogen-bond acceptors (Lipinski definition) is 2. The van der Waals surface area contributed by atoms with Gasteiger partial charge in [0.1, 0.15) is 0 Å². The fourth-order valence-electron chi connectivity index (χ4n) is 1.51. The van der Waals surface area contributed by atoms with E-state index in [0.717, 1.165) is 12.8 Å². The summed E-state index contributed by atoms with van der Waals surface area (Å²) in [6.07, 6.45) is 4.07. The molecule has 1 aromatic heterocycles. The van der Waals surface area contributed by atoms with Crippen LogP contribution in [-0.4, -0.2) is 16.3 Å². The molecule has 1 heterocycles. The Morgan fingerprint density at radius 3 is 2.77 bits per heavy atom. The predicted molar refractivity (Wildman–Crippen MR) is 54.5 cm³/mol. The van der Waals surface area contributed by atoms with Gasteiger partial charge in [-0.15, -0.1) is 0 Å². The predicted octanol–water partition coefficient (Wildman–Crippen LogP) is 1.12. The van der Waals surface area contributed by atoms with Gasteiger partial charge in [-0.2, -0.15) is 5.10 Å². The number of aryl methyl sites for hydroxylation is 1. The molecule has 0 bridgehead atoms. The molecule has 0 aliphatic heterocycles. The molecule has 3 heteroatoms. The highest BCUT2D eigenvalue weighted by molar-refractivity contribution is 5.17. The lowest BCUT2D eigenvalue weighted by Crippen LogP contribution is -2.05. The molecule has 2 N–H and O–H groups in total. The van der Waals surface area contributed by atoms with Crippen LogP contribution in [0.4, 0.5) is 0 Å². The van der Waals surface area contributed by atoms with Crippen molar-refractivity contribution in [1.82, 2.24) is 9.78 Å². The maximum absolute atomic E-state index is 5.53. The first kappa shape index (κ1) is 10.3. The van der Waals surface area contributed by atoms with Crippen LogP contribution in [0.3, 0.4) is 0 Å². The lowest BCUT2D eigenvalue weighted by atomic mass is 10.0. The van der Waals surface area contributed by atoms with Crippen LogP contribution in [0, 0.1) is 5.92 Å². The van der Waals surface area contributed by atoms with Crippen molar-refractivity contribution >= 4 is 0 Å². The molecule has 0 saturated heterocycles. The van der Waals surface area contributed by atoms with Crippen molar-refractivity contribution in [2.45, 2.75) is 26.7 Å². The van der Waals surface area contributed by atoms with Gasteiger partial charge in [0.25, 0.3) is 0 Å². The van der Waals surface area contributed by atoms with Crippen LogP contribution < -0.4 is 5.73 Å². The second-order valence-corrected chi connectivity index (χ2v) is 3.91. The molecule has 0 spiro atoms. The number of nitrogens with zero attached hydrogens (tertiary/aromatic N) is 2. The van der Waals surface area contributed by atoms with Crippen LogP contribution in [0.2, 0.25) is 0 Å². The van der Waals surface area contributed by atoms with Gasteiger partial charge < -0.3 is 5.73 Å². The van der Waals surface area contributed by atoms with Crippen molar-refractivity contribution in [1.29, 1.82) is 0 Å². The van der Waals surface area contributed by atoms with E-state index in [0.29, 0.717) is 12.5 Å². The minimum Gasteiger partial charge on any atom is -0.330 e. The van der Waals surface area contributed by atoms with Crippen molar-refractivity contribution in [3.05, 3.63) is 17.5 Å². The third kappa shape index (κ3) is 2.84. The minimum atomic E-state index is 0.659. The van der Waals surface area contributed by atoms with E-state index in [9.17, 15) is 0 Å². The Morgan fingerprint density at radius 2 is 2.23 bits per heavy atom. The molecule has 13 heavy (non-hydrogen) atoms. The molecule has 0 aliphatic carbocycles. The van der Waals surface area contributed by atoms with Gasteiger partial charge >= 0.3 is 0 Å². The van der Waals surface area contributed by atoms with E-state index in [4.69, 9.17) is 5.73 Å². The highest BCUT2D eigenvalue weighted by Crippen LogP contribution is 2.11. The Kier molecular flexibility index (Phi) is 3.48. The van der Waals surface area contributed by atoms with Crippen LogP contribution in [0.25, 0.3) is 0 Å². The Bertz CT molecular complexity index is 263. The van der Waals surface area contributed by atoms with Crippen LogP contribution in [-0.2, 0) is 19.9 Å². The fraction of sp³-hybridized carbons (Fsp3) is 0.700. The molecule has 0 fully saturated rings. The Balaban J connectivity index is 2.77. The van der Waals surface area contributed by atoms with Gasteiger partial charge in [-0.1, -0.05) is 13.8 Å². The Hall–Kier alpha value is -0.830. The zero-order chi connectivity index (χ0) is 9.84. The lowest BCUT2D eigenvalue weighted by molar-refractivity contribution is 0.617. The maximum atomic E-state index is 5.53. The van der Waals surface area contributed by atoms with Gasteiger partial charge in [-0.25, -0.2) is 0 Å². The summed E-state index contributed by atoms with van der Waals surface area (Å²) in [5, 5.41) is 4.43. The highest BCUT2D eigenvalue weighted by atomic mass is 15.2. The second kappa shape index (κ2) is 4.42. The quantitative estimate of drug-likeness (QED) is 0.756. The molecule has 1 rings (SSSR count). The van der Waals surface area contributed by atoms with Crippen LogP contribution in [0.1, 0.15) is 25.1 Å². The van der Waals surface area contributed by atoms with E-state index >= 15 is 0 Å². The third-order valence-corrected chi connectivity index (χ3v) is 2.01. The van der Waals surface area contributed by atoms with Crippen LogP contribution in [0.15, 0.2) is 6.20 Å². The summed E-state index contributed by atoms with van der Waals surface area (Å²) in [7, 11) is 1.96. The molecule has 3 nitrogen and oxygen atoms in total. The largest absolute Gasteiger partial charge is 0.330 e. The normalized spacial score (nSPS) is 11.2. The first-order valence-electron chi connectivity index (χ1n) is 4.85. The van der Waals surface area contributed by atoms with Gasteiger partial charge in [0, 0.05) is 13.2 Å². The summed E-state index contributed by atoms with van der Waals surface area (Å²) in [6, 6.07) is 0. The third-order valence-electron chi connectivity index (χ3n) is 2.01. The molecule has 0 unspecified atom stereocenters. The summed E-state index contributed by atoms with van der Waals surface area (Å²) in [5.74, 6) is 0.659. The van der Waals surface area contributed by atoms with Gasteiger partial charge in [0.15, 0.2) is 0 Å². The van der Waals surface area contributed by atoms with E-state index in [1.807, 2.05) is 11.7 Å². The number of aromatic nitrogens is 2. The number of nitrogens with two attached hydrogens (primary N) is 1. The number of rotatable bonds is 4. The highest BCUT2D eigenvalue weighted by Gasteiger charge is 2.08. The maximum Gasteiger partial charge on any atom is 0.0659 e. The SMILES string of the molecule is CC(C)Cc1nn(C)cc1CCN. The first-order chi connectivity index (χ1) is 6.13. The summed E-state index contributed by atoms with van der Waals surface area (Å²) in [5.41, 5.74) is 8.05. The van der Waals surface area contributed by atoms with Crippen molar-refractivity contribution in [2.75, 3.05) is 6.54 Å². The second-order valence-electron chi connectivity index (χ2n) is 3.91. The summed E-state index contributed by atoms with van der Waals surface area (Å²) in [6.45, 7) is 5.12. The smallest absolute Gasteiger partial charge is 0.0659 e. The van der Waals surface area contributed by atoms with E-state index in [-0.39, 0.29) is 0 Å². The summed E-state index contributed by atoms with van der Waals surface area (Å²) in [4.78, 5) is 0. The molecule has 0 amide bonds. The molecule has 0 aromatic carbocycles. The molecule has 0 aliphatic rings. The van der Waals surface area contributed by atoms with Crippen LogP contribution in [0.5, 0.6) is 0 Å². The molecule has 0 saturated carbocycles. The van der Waals surface area contributed by atoms with Gasteiger partial charge in [0.05, 0.1) is 5.69 Å². The molecule has 74 valence electrons. The Morgan fingerprint density at radius 1 is 1.54 bits per heavy atom. The Labute approximate surface area is 79.9 Å². The van der Waals surface area contributed by atoms with Crippen molar-refractivity contribution in [3.8, 4) is 0 Å². The number of hydrogen-bond donors (Lipinski definition) is 1. The monoisotopic (exact) mass is 181 g/mol. The topological polar surface area (TPSA) is 43.8 Å². The molecular formula is C10H19N3. The molecule has 0 radical (unpaired) electrons. The summed E-state index contributed by atoms with van der Waals surface area (Å²) < 4.78 is 1.88. The van der Waals surface area contributed by atoms with Gasteiger partial charge in [0.2, 0.25) is 0 Å². The van der Waals surface area contributed by atoms with E-state index < -0.39 is 0 Å². The van der Waals surface area contributed by atoms with Crippen molar-refractivity contribution in [2.24, 2.45) is 18.7 Å². The lowest BCUT2D eigenvalue weighted by Gasteiger charge is -2.03. The van der Waals surface area contributed by atoms with E-state index in [1.54, 1.807) is 0 Å². The van der Waals surface area contributed by atoms with Crippen molar-refractivity contribution in [3.63, 3.8) is 0 Å². The van der Waals surface area contributed by atoms with E-state index in [2.05, 4.69) is 25.1 Å². The standard InChI is InChI=1S/C10H19N3/c1-8(2)6-10-9(4-5-11)7-13(3)12-10/h7-8H,4-6,11H2,1-3H3. The summed E-state index contributed by atoms with van der Waals surface area (Å²) >= 11 is 0. The average molecular weight is 181 g/mol. The first-order valence-corrected chi connectivity index (χ1v) is 4.85. The van der Waals surface area contributed by atoms with Crippen molar-refractivity contribution < 1.29 is 0 Å². The fourth-order valence-corrected chi connectivity index (χ4v) is 1.51. The van der Waals surface area contributed by atoms with Gasteiger partial charge in [-0.3, -0.25) is 4.68 Å².